The highest BCUT2D eigenvalue weighted by atomic mass is 32.2. The van der Waals surface area contributed by atoms with E-state index in [1.807, 2.05) is 4.72 Å². The lowest BCUT2D eigenvalue weighted by atomic mass is 10.1. The molecule has 0 saturated carbocycles. The summed E-state index contributed by atoms with van der Waals surface area (Å²) in [7, 11) is -3.60. The zero-order valence-corrected chi connectivity index (χ0v) is 11.8. The van der Waals surface area contributed by atoms with E-state index in [1.165, 1.54) is 0 Å². The molecule has 0 spiro atoms. The summed E-state index contributed by atoms with van der Waals surface area (Å²) < 4.78 is 29.6. The summed E-state index contributed by atoms with van der Waals surface area (Å²) in [4.78, 5) is 22.6. The molecule has 1 fully saturated rings. The van der Waals surface area contributed by atoms with Crippen molar-refractivity contribution in [2.45, 2.75) is 44.9 Å². The van der Waals surface area contributed by atoms with Crippen molar-refractivity contribution in [1.82, 2.24) is 10.0 Å². The Balaban J connectivity index is 2.71. The molecule has 0 aromatic rings. The van der Waals surface area contributed by atoms with Gasteiger partial charge in [0.1, 0.15) is 11.6 Å². The van der Waals surface area contributed by atoms with Crippen molar-refractivity contribution in [2.24, 2.45) is 0 Å². The summed E-state index contributed by atoms with van der Waals surface area (Å²) in [6, 6.07) is -2.22. The number of nitrogens with one attached hydrogen (secondary N) is 2. The van der Waals surface area contributed by atoms with E-state index in [0.717, 1.165) is 0 Å². The molecule has 0 aliphatic carbocycles. The quantitative estimate of drug-likeness (QED) is 0.640. The first-order valence-electron chi connectivity index (χ1n) is 5.72. The summed E-state index contributed by atoms with van der Waals surface area (Å²) in [6.45, 7) is 5.01. The number of ether oxygens (including phenoxy) is 1. The number of carboxylic acid groups (broad SMARTS) is 1. The predicted octanol–water partition coefficient (Wildman–Crippen LogP) is -0.344. The van der Waals surface area contributed by atoms with Gasteiger partial charge in [0.2, 0.25) is 10.0 Å². The largest absolute Gasteiger partial charge is 0.480 e. The van der Waals surface area contributed by atoms with Gasteiger partial charge in [0, 0.05) is 0 Å². The Labute approximate surface area is 111 Å². The Morgan fingerprint density at radius 2 is 1.95 bits per heavy atom. The summed E-state index contributed by atoms with van der Waals surface area (Å²) in [5.74, 6) is -1.58. The number of carbonyl (C=O) groups is 2. The maximum atomic E-state index is 11.6. The Hall–Kier alpha value is -1.35. The second kappa shape index (κ2) is 5.33. The molecule has 1 rings (SSSR count). The van der Waals surface area contributed by atoms with Crippen LogP contribution in [0.2, 0.25) is 0 Å². The van der Waals surface area contributed by atoms with E-state index in [4.69, 9.17) is 9.84 Å². The Morgan fingerprint density at radius 3 is 2.42 bits per heavy atom. The molecule has 0 aromatic heterocycles. The molecule has 1 heterocycles. The fourth-order valence-electron chi connectivity index (χ4n) is 1.62. The van der Waals surface area contributed by atoms with Crippen LogP contribution in [0.1, 0.15) is 27.2 Å². The SMILES string of the molecule is CC(C)(C)OC(=O)NC1CCS(=O)(=O)NC1C(=O)O. The molecular weight excluding hydrogens is 276 g/mol. The maximum Gasteiger partial charge on any atom is 0.407 e. The lowest BCUT2D eigenvalue weighted by molar-refractivity contribution is -0.139. The molecular formula is C10H18N2O6S. The highest BCUT2D eigenvalue weighted by Gasteiger charge is 2.38. The number of hydrogen-bond acceptors (Lipinski definition) is 5. The smallest absolute Gasteiger partial charge is 0.407 e. The summed E-state index contributed by atoms with van der Waals surface area (Å²) in [5.41, 5.74) is -0.711. The van der Waals surface area contributed by atoms with Gasteiger partial charge in [0.25, 0.3) is 0 Å². The van der Waals surface area contributed by atoms with Gasteiger partial charge < -0.3 is 15.2 Å². The highest BCUT2D eigenvalue weighted by molar-refractivity contribution is 7.89. The van der Waals surface area contributed by atoms with Crippen LogP contribution < -0.4 is 10.0 Å². The Bertz CT molecular complexity index is 467. The molecule has 8 nitrogen and oxygen atoms in total. The minimum Gasteiger partial charge on any atom is -0.480 e. The number of hydrogen-bond donors (Lipinski definition) is 3. The van der Waals surface area contributed by atoms with Gasteiger partial charge in [-0.15, -0.1) is 0 Å². The molecule has 0 aromatic carbocycles. The van der Waals surface area contributed by atoms with Gasteiger partial charge in [-0.05, 0) is 27.2 Å². The van der Waals surface area contributed by atoms with Crippen molar-refractivity contribution in [2.75, 3.05) is 5.75 Å². The first-order chi connectivity index (χ1) is 8.50. The summed E-state index contributed by atoms with van der Waals surface area (Å²) in [6.07, 6.45) is -0.754. The molecule has 0 radical (unpaired) electrons. The molecule has 1 amide bonds. The van der Waals surface area contributed by atoms with E-state index in [2.05, 4.69) is 5.32 Å². The zero-order chi connectivity index (χ0) is 14.8. The van der Waals surface area contributed by atoms with Crippen LogP contribution in [0.5, 0.6) is 0 Å². The van der Waals surface area contributed by atoms with E-state index >= 15 is 0 Å². The number of sulfonamides is 1. The van der Waals surface area contributed by atoms with Gasteiger partial charge >= 0.3 is 12.1 Å². The molecule has 1 aliphatic rings. The second-order valence-electron chi connectivity index (χ2n) is 5.29. The maximum absolute atomic E-state index is 11.6. The highest BCUT2D eigenvalue weighted by Crippen LogP contribution is 2.13. The van der Waals surface area contributed by atoms with Gasteiger partial charge in [-0.1, -0.05) is 0 Å². The van der Waals surface area contributed by atoms with Crippen molar-refractivity contribution in [3.63, 3.8) is 0 Å². The minimum absolute atomic E-state index is 0.0194. The van der Waals surface area contributed by atoms with Gasteiger partial charge in [0.15, 0.2) is 0 Å². The van der Waals surface area contributed by atoms with Crippen LogP contribution in [-0.4, -0.2) is 49.0 Å². The van der Waals surface area contributed by atoms with Crippen LogP contribution in [0, 0.1) is 0 Å². The molecule has 110 valence electrons. The molecule has 19 heavy (non-hydrogen) atoms. The number of amides is 1. The normalized spacial score (nSPS) is 26.5. The van der Waals surface area contributed by atoms with E-state index in [-0.39, 0.29) is 12.2 Å². The number of aliphatic carboxylic acids is 1. The third-order valence-electron chi connectivity index (χ3n) is 2.37. The van der Waals surface area contributed by atoms with Gasteiger partial charge in [0.05, 0.1) is 11.8 Å². The molecule has 3 N–H and O–H groups in total. The molecule has 0 bridgehead atoms. The van der Waals surface area contributed by atoms with Crippen molar-refractivity contribution in [3.8, 4) is 0 Å². The van der Waals surface area contributed by atoms with Crippen molar-refractivity contribution >= 4 is 22.1 Å². The third-order valence-corrected chi connectivity index (χ3v) is 3.76. The summed E-state index contributed by atoms with van der Waals surface area (Å²) in [5, 5.41) is 11.3. The average Bonchev–Trinajstić information content (AvgIpc) is 2.17. The summed E-state index contributed by atoms with van der Waals surface area (Å²) >= 11 is 0. The minimum atomic E-state index is -3.60. The van der Waals surface area contributed by atoms with Gasteiger partial charge in [-0.3, -0.25) is 4.79 Å². The molecule has 1 saturated heterocycles. The monoisotopic (exact) mass is 294 g/mol. The number of carbonyl (C=O) groups excluding carboxylic acids is 1. The third kappa shape index (κ3) is 5.03. The number of rotatable bonds is 2. The van der Waals surface area contributed by atoms with E-state index in [0.29, 0.717) is 0 Å². The topological polar surface area (TPSA) is 122 Å². The van der Waals surface area contributed by atoms with Crippen LogP contribution in [0.4, 0.5) is 4.79 Å². The van der Waals surface area contributed by atoms with Gasteiger partial charge in [-0.25, -0.2) is 13.2 Å². The van der Waals surface area contributed by atoms with E-state index < -0.39 is 39.8 Å². The molecule has 1 aliphatic heterocycles. The van der Waals surface area contributed by atoms with Crippen LogP contribution in [-0.2, 0) is 19.6 Å². The van der Waals surface area contributed by atoms with Crippen LogP contribution >= 0.6 is 0 Å². The second-order valence-corrected chi connectivity index (χ2v) is 7.17. The van der Waals surface area contributed by atoms with Crippen LogP contribution in [0.15, 0.2) is 0 Å². The zero-order valence-electron chi connectivity index (χ0n) is 11.0. The number of alkyl carbamates (subject to hydrolysis) is 1. The van der Waals surface area contributed by atoms with Gasteiger partial charge in [-0.2, -0.15) is 4.72 Å². The lowest BCUT2D eigenvalue weighted by Gasteiger charge is -2.30. The Morgan fingerprint density at radius 1 is 1.37 bits per heavy atom. The molecule has 2 atom stereocenters. The fourth-order valence-corrected chi connectivity index (χ4v) is 2.95. The molecule has 9 heteroatoms. The lowest BCUT2D eigenvalue weighted by Crippen LogP contribution is -2.60. The number of carboxylic acids is 1. The van der Waals surface area contributed by atoms with E-state index in [9.17, 15) is 18.0 Å². The van der Waals surface area contributed by atoms with Crippen molar-refractivity contribution in [3.05, 3.63) is 0 Å². The average molecular weight is 294 g/mol. The molecule has 2 unspecified atom stereocenters. The fraction of sp³-hybridized carbons (Fsp3) is 0.800. The van der Waals surface area contributed by atoms with E-state index in [1.54, 1.807) is 20.8 Å². The Kier molecular flexibility index (Phi) is 4.41. The van der Waals surface area contributed by atoms with Crippen LogP contribution in [0.25, 0.3) is 0 Å². The van der Waals surface area contributed by atoms with Crippen molar-refractivity contribution in [1.29, 1.82) is 0 Å². The first-order valence-corrected chi connectivity index (χ1v) is 7.38. The first kappa shape index (κ1) is 15.7. The van der Waals surface area contributed by atoms with Crippen LogP contribution in [0.3, 0.4) is 0 Å². The predicted molar refractivity (Wildman–Crippen MR) is 66.1 cm³/mol. The standard InChI is InChI=1S/C10H18N2O6S/c1-10(2,3)18-9(15)11-6-4-5-19(16,17)12-7(6)8(13)14/h6-7,12H,4-5H2,1-3H3,(H,11,15)(H,13,14). The van der Waals surface area contributed by atoms with Crippen molar-refractivity contribution < 1.29 is 27.9 Å².